The Labute approximate surface area is 102 Å². The molecule has 96 valence electrons. The molecule has 0 aliphatic rings. The van der Waals surface area contributed by atoms with E-state index < -0.39 is 0 Å². The van der Waals surface area contributed by atoms with Gasteiger partial charge in [0.05, 0.1) is 6.61 Å². The molecule has 0 saturated carbocycles. The molecular formula is C13H21FN2O. The van der Waals surface area contributed by atoms with Gasteiger partial charge in [-0.2, -0.15) is 0 Å². The van der Waals surface area contributed by atoms with Crippen LogP contribution in [0.5, 0.6) is 5.75 Å². The zero-order valence-corrected chi connectivity index (χ0v) is 10.7. The molecule has 0 saturated heterocycles. The lowest BCUT2D eigenvalue weighted by Gasteiger charge is -2.15. The molecular weight excluding hydrogens is 219 g/mol. The number of nitrogens with two attached hydrogens (primary N) is 1. The molecule has 1 rings (SSSR count). The molecule has 0 radical (unpaired) electrons. The Morgan fingerprint density at radius 2 is 2.12 bits per heavy atom. The van der Waals surface area contributed by atoms with Crippen LogP contribution in [0.1, 0.15) is 24.9 Å². The van der Waals surface area contributed by atoms with Gasteiger partial charge in [-0.1, -0.05) is 12.1 Å². The van der Waals surface area contributed by atoms with Gasteiger partial charge in [0.2, 0.25) is 0 Å². The van der Waals surface area contributed by atoms with Crippen LogP contribution in [0.4, 0.5) is 4.39 Å². The van der Waals surface area contributed by atoms with E-state index in [2.05, 4.69) is 4.90 Å². The van der Waals surface area contributed by atoms with E-state index in [-0.39, 0.29) is 11.9 Å². The first-order chi connectivity index (χ1) is 8.02. The van der Waals surface area contributed by atoms with Gasteiger partial charge >= 0.3 is 0 Å². The van der Waals surface area contributed by atoms with E-state index in [0.717, 1.165) is 18.5 Å². The van der Waals surface area contributed by atoms with Crippen molar-refractivity contribution < 1.29 is 9.13 Å². The van der Waals surface area contributed by atoms with Gasteiger partial charge in [-0.25, -0.2) is 4.39 Å². The summed E-state index contributed by atoms with van der Waals surface area (Å²) in [6.07, 6.45) is 0.861. The Bertz CT molecular complexity index is 353. The maximum atomic E-state index is 13.6. The zero-order valence-electron chi connectivity index (χ0n) is 10.7. The van der Waals surface area contributed by atoms with Crippen LogP contribution < -0.4 is 10.5 Å². The van der Waals surface area contributed by atoms with Gasteiger partial charge in [-0.15, -0.1) is 0 Å². The number of benzene rings is 1. The Morgan fingerprint density at radius 1 is 1.41 bits per heavy atom. The van der Waals surface area contributed by atoms with Crippen LogP contribution in [0.2, 0.25) is 0 Å². The van der Waals surface area contributed by atoms with Crippen LogP contribution in [-0.2, 0) is 0 Å². The Kier molecular flexibility index (Phi) is 5.38. The molecule has 0 bridgehead atoms. The lowest BCUT2D eigenvalue weighted by molar-refractivity contribution is 0.268. The molecule has 0 unspecified atom stereocenters. The molecule has 0 aromatic heterocycles. The summed E-state index contributed by atoms with van der Waals surface area (Å²) >= 11 is 0. The van der Waals surface area contributed by atoms with Crippen LogP contribution in [0, 0.1) is 5.82 Å². The largest absolute Gasteiger partial charge is 0.490 e. The van der Waals surface area contributed by atoms with Crippen LogP contribution in [0.25, 0.3) is 0 Å². The van der Waals surface area contributed by atoms with Crippen molar-refractivity contribution in [2.45, 2.75) is 19.4 Å². The molecule has 1 aromatic rings. The average molecular weight is 240 g/mol. The van der Waals surface area contributed by atoms with E-state index in [1.807, 2.05) is 21.0 Å². The molecule has 0 aliphatic heterocycles. The van der Waals surface area contributed by atoms with Crippen molar-refractivity contribution in [2.75, 3.05) is 27.2 Å². The molecule has 0 aliphatic carbocycles. The van der Waals surface area contributed by atoms with Gasteiger partial charge in [0.15, 0.2) is 11.6 Å². The number of para-hydroxylation sites is 1. The second kappa shape index (κ2) is 6.57. The molecule has 4 heteroatoms. The van der Waals surface area contributed by atoms with E-state index in [1.54, 1.807) is 12.1 Å². The van der Waals surface area contributed by atoms with E-state index in [1.165, 1.54) is 6.07 Å². The van der Waals surface area contributed by atoms with Gasteiger partial charge in [0.25, 0.3) is 0 Å². The predicted octanol–water partition coefficient (Wildman–Crippen LogP) is 2.18. The Hall–Kier alpha value is -1.13. The molecule has 0 fully saturated rings. The number of hydrogen-bond donors (Lipinski definition) is 1. The lowest BCUT2D eigenvalue weighted by Crippen LogP contribution is -2.16. The predicted molar refractivity (Wildman–Crippen MR) is 67.7 cm³/mol. The summed E-state index contributed by atoms with van der Waals surface area (Å²) < 4.78 is 19.1. The third kappa shape index (κ3) is 4.32. The van der Waals surface area contributed by atoms with Gasteiger partial charge in [0, 0.05) is 18.2 Å². The van der Waals surface area contributed by atoms with Crippen LogP contribution in [0.15, 0.2) is 18.2 Å². The minimum atomic E-state index is -0.343. The molecule has 17 heavy (non-hydrogen) atoms. The molecule has 0 amide bonds. The minimum absolute atomic E-state index is 0.227. The second-order valence-electron chi connectivity index (χ2n) is 4.45. The number of hydrogen-bond acceptors (Lipinski definition) is 3. The van der Waals surface area contributed by atoms with Gasteiger partial charge in [-0.05, 0) is 33.5 Å². The van der Waals surface area contributed by atoms with Gasteiger partial charge in [0.1, 0.15) is 0 Å². The van der Waals surface area contributed by atoms with Crippen molar-refractivity contribution in [1.29, 1.82) is 0 Å². The molecule has 3 nitrogen and oxygen atoms in total. The highest BCUT2D eigenvalue weighted by atomic mass is 19.1. The summed E-state index contributed by atoms with van der Waals surface area (Å²) in [5.74, 6) is -0.0501. The number of nitrogens with zero attached hydrogens (tertiary/aromatic N) is 1. The molecule has 2 N–H and O–H groups in total. The first kappa shape index (κ1) is 13.9. The third-order valence-corrected chi connectivity index (χ3v) is 2.48. The summed E-state index contributed by atoms with van der Waals surface area (Å²) in [6.45, 7) is 3.24. The lowest BCUT2D eigenvalue weighted by atomic mass is 10.1. The topological polar surface area (TPSA) is 38.5 Å². The number of rotatable bonds is 6. The summed E-state index contributed by atoms with van der Waals surface area (Å²) in [4.78, 5) is 2.07. The quantitative estimate of drug-likeness (QED) is 0.774. The van der Waals surface area contributed by atoms with Crippen molar-refractivity contribution in [1.82, 2.24) is 4.90 Å². The highest BCUT2D eigenvalue weighted by Gasteiger charge is 2.12. The zero-order chi connectivity index (χ0) is 12.8. The molecule has 1 atom stereocenters. The maximum absolute atomic E-state index is 13.6. The van der Waals surface area contributed by atoms with E-state index >= 15 is 0 Å². The Morgan fingerprint density at radius 3 is 2.71 bits per heavy atom. The van der Waals surface area contributed by atoms with Crippen LogP contribution in [-0.4, -0.2) is 32.1 Å². The molecule has 0 heterocycles. The van der Waals surface area contributed by atoms with Crippen LogP contribution in [0.3, 0.4) is 0 Å². The van der Waals surface area contributed by atoms with E-state index in [9.17, 15) is 4.39 Å². The highest BCUT2D eigenvalue weighted by Crippen LogP contribution is 2.26. The number of ether oxygens (including phenoxy) is 1. The fourth-order valence-electron chi connectivity index (χ4n) is 1.59. The standard InChI is InChI=1S/C13H21FN2O/c1-10(15)11-6-4-7-12(14)13(11)17-9-5-8-16(2)3/h4,6-7,10H,5,8-9,15H2,1-3H3/t10-/m0/s1. The van der Waals surface area contributed by atoms with E-state index in [0.29, 0.717) is 12.4 Å². The van der Waals surface area contributed by atoms with Crippen molar-refractivity contribution in [3.8, 4) is 5.75 Å². The first-order valence-corrected chi connectivity index (χ1v) is 5.84. The fourth-order valence-corrected chi connectivity index (χ4v) is 1.59. The van der Waals surface area contributed by atoms with Crippen molar-refractivity contribution in [3.05, 3.63) is 29.6 Å². The summed E-state index contributed by atoms with van der Waals surface area (Å²) in [6, 6.07) is 4.62. The average Bonchev–Trinajstić information content (AvgIpc) is 2.25. The smallest absolute Gasteiger partial charge is 0.165 e. The Balaban J connectivity index is 2.63. The monoisotopic (exact) mass is 240 g/mol. The normalized spacial score (nSPS) is 12.8. The van der Waals surface area contributed by atoms with Gasteiger partial charge in [-0.3, -0.25) is 0 Å². The minimum Gasteiger partial charge on any atom is -0.490 e. The third-order valence-electron chi connectivity index (χ3n) is 2.48. The first-order valence-electron chi connectivity index (χ1n) is 5.84. The maximum Gasteiger partial charge on any atom is 0.165 e. The van der Waals surface area contributed by atoms with Crippen molar-refractivity contribution in [3.63, 3.8) is 0 Å². The molecule has 0 spiro atoms. The summed E-state index contributed by atoms with van der Waals surface area (Å²) in [5, 5.41) is 0. The van der Waals surface area contributed by atoms with Crippen molar-refractivity contribution >= 4 is 0 Å². The number of halogens is 1. The van der Waals surface area contributed by atoms with E-state index in [4.69, 9.17) is 10.5 Å². The SMILES string of the molecule is C[C@H](N)c1cccc(F)c1OCCCN(C)C. The second-order valence-corrected chi connectivity index (χ2v) is 4.45. The molecule has 1 aromatic carbocycles. The summed E-state index contributed by atoms with van der Waals surface area (Å²) in [5.41, 5.74) is 6.50. The summed E-state index contributed by atoms with van der Waals surface area (Å²) in [7, 11) is 3.99. The van der Waals surface area contributed by atoms with Gasteiger partial charge < -0.3 is 15.4 Å². The fraction of sp³-hybridized carbons (Fsp3) is 0.538. The van der Waals surface area contributed by atoms with Crippen LogP contribution >= 0.6 is 0 Å². The highest BCUT2D eigenvalue weighted by molar-refractivity contribution is 5.36. The van der Waals surface area contributed by atoms with Crippen molar-refractivity contribution in [2.24, 2.45) is 5.73 Å².